The Morgan fingerprint density at radius 1 is 1.04 bits per heavy atom. The summed E-state index contributed by atoms with van der Waals surface area (Å²) >= 11 is 6.28. The third-order valence-corrected chi connectivity index (χ3v) is 7.92. The fourth-order valence-electron chi connectivity index (χ4n) is 4.48. The number of amides is 1. The molecule has 2 bridgehead atoms. The molecule has 2 aliphatic carbocycles. The van der Waals surface area contributed by atoms with Crippen molar-refractivity contribution in [2.75, 3.05) is 10.8 Å². The molecule has 1 amide bonds. The highest BCUT2D eigenvalue weighted by molar-refractivity contribution is 7.92. The van der Waals surface area contributed by atoms with E-state index in [9.17, 15) is 13.2 Å². The van der Waals surface area contributed by atoms with Crippen LogP contribution in [-0.2, 0) is 14.8 Å². The van der Waals surface area contributed by atoms with Crippen molar-refractivity contribution in [1.82, 2.24) is 5.32 Å². The average molecular weight is 419 g/mol. The number of para-hydroxylation sites is 1. The Morgan fingerprint density at radius 3 is 2.39 bits per heavy atom. The molecule has 148 valence electrons. The summed E-state index contributed by atoms with van der Waals surface area (Å²) in [5.41, 5.74) is 0.302. The van der Waals surface area contributed by atoms with E-state index in [-0.39, 0.29) is 28.4 Å². The monoisotopic (exact) mass is 418 g/mol. The van der Waals surface area contributed by atoms with Crippen LogP contribution < -0.4 is 9.62 Å². The quantitative estimate of drug-likeness (QED) is 0.775. The molecule has 5 nitrogen and oxygen atoms in total. The van der Waals surface area contributed by atoms with Crippen molar-refractivity contribution in [3.63, 3.8) is 0 Å². The first-order valence-electron chi connectivity index (χ1n) is 9.57. The van der Waals surface area contributed by atoms with Gasteiger partial charge in [-0.3, -0.25) is 9.10 Å². The Bertz CT molecular complexity index is 965. The molecule has 0 spiro atoms. The van der Waals surface area contributed by atoms with Crippen molar-refractivity contribution >= 4 is 33.2 Å². The number of halogens is 1. The summed E-state index contributed by atoms with van der Waals surface area (Å²) in [6, 6.07) is 14.9. The third kappa shape index (κ3) is 3.76. The fourth-order valence-corrected chi connectivity index (χ4v) is 6.23. The summed E-state index contributed by atoms with van der Waals surface area (Å²) in [4.78, 5) is 12.9. The molecular weight excluding hydrogens is 396 g/mol. The summed E-state index contributed by atoms with van der Waals surface area (Å²) in [6.45, 7) is -0.297. The van der Waals surface area contributed by atoms with Gasteiger partial charge in [-0.2, -0.15) is 0 Å². The van der Waals surface area contributed by atoms with Gasteiger partial charge in [0.15, 0.2) is 0 Å². The topological polar surface area (TPSA) is 66.5 Å². The maximum Gasteiger partial charge on any atom is 0.264 e. The number of anilines is 1. The summed E-state index contributed by atoms with van der Waals surface area (Å²) in [5, 5.41) is 3.35. The van der Waals surface area contributed by atoms with Gasteiger partial charge in [0.25, 0.3) is 10.0 Å². The zero-order valence-electron chi connectivity index (χ0n) is 15.4. The first-order chi connectivity index (χ1) is 13.4. The van der Waals surface area contributed by atoms with Crippen LogP contribution >= 0.6 is 11.6 Å². The zero-order valence-corrected chi connectivity index (χ0v) is 17.0. The highest BCUT2D eigenvalue weighted by Crippen LogP contribution is 2.44. The van der Waals surface area contributed by atoms with Gasteiger partial charge in [0.1, 0.15) is 6.54 Å². The van der Waals surface area contributed by atoms with E-state index < -0.39 is 10.0 Å². The molecule has 2 saturated carbocycles. The molecule has 0 aliphatic heterocycles. The molecule has 0 radical (unpaired) electrons. The van der Waals surface area contributed by atoms with Crippen molar-refractivity contribution in [2.45, 2.75) is 36.6 Å². The highest BCUT2D eigenvalue weighted by atomic mass is 35.5. The predicted molar refractivity (Wildman–Crippen MR) is 110 cm³/mol. The van der Waals surface area contributed by atoms with Crippen LogP contribution in [0.15, 0.2) is 59.5 Å². The van der Waals surface area contributed by atoms with Crippen molar-refractivity contribution in [3.8, 4) is 0 Å². The molecule has 2 aromatic rings. The number of nitrogens with one attached hydrogen (secondary N) is 1. The zero-order chi connectivity index (χ0) is 19.7. The predicted octanol–water partition coefficient (Wildman–Crippen LogP) is 3.84. The Balaban J connectivity index is 1.60. The van der Waals surface area contributed by atoms with Crippen LogP contribution in [0, 0.1) is 11.8 Å². The van der Waals surface area contributed by atoms with Crippen LogP contribution in [0.3, 0.4) is 0 Å². The molecule has 0 unspecified atom stereocenters. The molecule has 0 saturated heterocycles. The van der Waals surface area contributed by atoms with Crippen LogP contribution in [0.2, 0.25) is 5.02 Å². The Hall–Kier alpha value is -2.05. The second kappa shape index (κ2) is 7.76. The van der Waals surface area contributed by atoms with Gasteiger partial charge >= 0.3 is 0 Å². The molecule has 28 heavy (non-hydrogen) atoms. The lowest BCUT2D eigenvalue weighted by molar-refractivity contribution is -0.120. The first kappa shape index (κ1) is 19.3. The highest BCUT2D eigenvalue weighted by Gasteiger charge is 2.40. The molecule has 0 aromatic heterocycles. The lowest BCUT2D eigenvalue weighted by Crippen LogP contribution is -2.46. The van der Waals surface area contributed by atoms with E-state index in [0.29, 0.717) is 17.5 Å². The van der Waals surface area contributed by atoms with E-state index in [4.69, 9.17) is 11.6 Å². The number of carbonyl (C=O) groups excluding carboxylic acids is 1. The van der Waals surface area contributed by atoms with E-state index in [1.54, 1.807) is 42.5 Å². The molecule has 1 N–H and O–H groups in total. The van der Waals surface area contributed by atoms with Crippen LogP contribution in [0.25, 0.3) is 0 Å². The minimum atomic E-state index is -3.93. The third-order valence-electron chi connectivity index (χ3n) is 5.82. The second-order valence-corrected chi connectivity index (χ2v) is 9.89. The molecular formula is C21H23ClN2O3S. The Morgan fingerprint density at radius 2 is 1.75 bits per heavy atom. The number of fused-ring (bicyclic) bond motifs is 2. The van der Waals surface area contributed by atoms with Crippen LogP contribution in [0.1, 0.15) is 25.7 Å². The standard InChI is InChI=1S/C21H23ClN2O3S/c22-18-8-4-5-9-20(18)24(28(26,27)17-6-2-1-3-7-17)14-21(25)23-19-13-15-10-11-16(19)12-15/h1-9,15-16,19H,10-14H2,(H,23,25)/t15-,16-,19+/m1/s1. The molecule has 2 fully saturated rings. The summed E-state index contributed by atoms with van der Waals surface area (Å²) in [6.07, 6.45) is 4.55. The number of benzene rings is 2. The van der Waals surface area contributed by atoms with Crippen molar-refractivity contribution in [1.29, 1.82) is 0 Å². The smallest absolute Gasteiger partial charge is 0.264 e. The summed E-state index contributed by atoms with van der Waals surface area (Å²) in [5.74, 6) is 0.924. The normalized spacial score (nSPS) is 23.5. The average Bonchev–Trinajstić information content (AvgIpc) is 3.30. The minimum absolute atomic E-state index is 0.127. The van der Waals surface area contributed by atoms with Crippen LogP contribution in [0.4, 0.5) is 5.69 Å². The van der Waals surface area contributed by atoms with E-state index >= 15 is 0 Å². The van der Waals surface area contributed by atoms with Gasteiger partial charge in [-0.05, 0) is 55.4 Å². The first-order valence-corrected chi connectivity index (χ1v) is 11.4. The number of rotatable bonds is 6. The SMILES string of the molecule is O=C(CN(c1ccccc1Cl)S(=O)(=O)c1ccccc1)N[C@H]1C[C@@H]2CC[C@@H]1C2. The largest absolute Gasteiger partial charge is 0.352 e. The van der Waals surface area contributed by atoms with E-state index in [2.05, 4.69) is 5.32 Å². The lowest BCUT2D eigenvalue weighted by atomic mass is 9.95. The van der Waals surface area contributed by atoms with Gasteiger partial charge < -0.3 is 5.32 Å². The van der Waals surface area contributed by atoms with Gasteiger partial charge in [0, 0.05) is 6.04 Å². The lowest BCUT2D eigenvalue weighted by Gasteiger charge is -2.27. The van der Waals surface area contributed by atoms with Gasteiger partial charge in [0.05, 0.1) is 15.6 Å². The van der Waals surface area contributed by atoms with E-state index in [1.165, 1.54) is 25.0 Å². The number of hydrogen-bond donors (Lipinski definition) is 1. The number of nitrogens with zero attached hydrogens (tertiary/aromatic N) is 1. The number of sulfonamides is 1. The van der Waals surface area contributed by atoms with E-state index in [1.807, 2.05) is 0 Å². The maximum absolute atomic E-state index is 13.3. The van der Waals surface area contributed by atoms with Crippen LogP contribution in [-0.4, -0.2) is 26.9 Å². The van der Waals surface area contributed by atoms with E-state index in [0.717, 1.165) is 17.1 Å². The maximum atomic E-state index is 13.3. The van der Waals surface area contributed by atoms with Crippen molar-refractivity contribution in [2.24, 2.45) is 11.8 Å². The number of hydrogen-bond acceptors (Lipinski definition) is 3. The number of carbonyl (C=O) groups is 1. The van der Waals surface area contributed by atoms with Gasteiger partial charge in [-0.25, -0.2) is 8.42 Å². The summed E-state index contributed by atoms with van der Waals surface area (Å²) in [7, 11) is -3.93. The van der Waals surface area contributed by atoms with Gasteiger partial charge in [-0.1, -0.05) is 48.4 Å². The van der Waals surface area contributed by atoms with Gasteiger partial charge in [-0.15, -0.1) is 0 Å². The van der Waals surface area contributed by atoms with Gasteiger partial charge in [0.2, 0.25) is 5.91 Å². The minimum Gasteiger partial charge on any atom is -0.352 e. The second-order valence-electron chi connectivity index (χ2n) is 7.63. The summed E-state index contributed by atoms with van der Waals surface area (Å²) < 4.78 is 27.6. The Labute approximate surface area is 170 Å². The molecule has 4 rings (SSSR count). The van der Waals surface area contributed by atoms with Crippen LogP contribution in [0.5, 0.6) is 0 Å². The molecule has 2 aliphatic rings. The molecule has 3 atom stereocenters. The Kier molecular flexibility index (Phi) is 5.34. The van der Waals surface area contributed by atoms with Crippen molar-refractivity contribution in [3.05, 3.63) is 59.6 Å². The fraction of sp³-hybridized carbons (Fsp3) is 0.381. The molecule has 0 heterocycles. The molecule has 7 heteroatoms. The molecule has 2 aromatic carbocycles. The van der Waals surface area contributed by atoms with Crippen molar-refractivity contribution < 1.29 is 13.2 Å².